The summed E-state index contributed by atoms with van der Waals surface area (Å²) in [5, 5.41) is 9.17. The van der Waals surface area contributed by atoms with Gasteiger partial charge < -0.3 is 10.0 Å². The minimum Gasteiger partial charge on any atom is -0.392 e. The van der Waals surface area contributed by atoms with E-state index in [0.29, 0.717) is 6.54 Å². The summed E-state index contributed by atoms with van der Waals surface area (Å²) in [5.74, 6) is 0. The summed E-state index contributed by atoms with van der Waals surface area (Å²) >= 11 is 0. The molecule has 0 spiro atoms. The quantitative estimate of drug-likeness (QED) is 0.841. The zero-order valence-electron chi connectivity index (χ0n) is 15.2. The molecule has 1 saturated heterocycles. The third-order valence-corrected chi connectivity index (χ3v) is 5.31. The molecule has 1 aliphatic heterocycles. The molecule has 1 aromatic rings. The maximum atomic E-state index is 13.0. The SMILES string of the molecule is CCCCC1=CCC(C)(N2CCN(c3ccc(CO)cc3)C2=O)C=C1. The Hall–Kier alpha value is -2.07. The Kier molecular flexibility index (Phi) is 5.28. The Morgan fingerprint density at radius 3 is 2.56 bits per heavy atom. The number of nitrogens with zero attached hydrogens (tertiary/aromatic N) is 2. The van der Waals surface area contributed by atoms with Crippen molar-refractivity contribution in [3.05, 3.63) is 53.6 Å². The van der Waals surface area contributed by atoms with Crippen molar-refractivity contribution in [2.24, 2.45) is 0 Å². The van der Waals surface area contributed by atoms with E-state index in [1.54, 1.807) is 0 Å². The van der Waals surface area contributed by atoms with Crippen LogP contribution in [-0.4, -0.2) is 34.7 Å². The summed E-state index contributed by atoms with van der Waals surface area (Å²) in [6.45, 7) is 5.82. The van der Waals surface area contributed by atoms with Crippen molar-refractivity contribution in [2.45, 2.75) is 51.7 Å². The lowest BCUT2D eigenvalue weighted by Crippen LogP contribution is -2.47. The van der Waals surface area contributed by atoms with Gasteiger partial charge in [0.1, 0.15) is 0 Å². The predicted octanol–water partition coefficient (Wildman–Crippen LogP) is 4.26. The van der Waals surface area contributed by atoms with Crippen LogP contribution in [0, 0.1) is 0 Å². The third kappa shape index (κ3) is 3.64. The third-order valence-electron chi connectivity index (χ3n) is 5.31. The van der Waals surface area contributed by atoms with Gasteiger partial charge in [-0.3, -0.25) is 4.90 Å². The fourth-order valence-electron chi connectivity index (χ4n) is 3.56. The van der Waals surface area contributed by atoms with Gasteiger partial charge in [-0.1, -0.05) is 49.3 Å². The number of allylic oxidation sites excluding steroid dienone is 2. The largest absolute Gasteiger partial charge is 0.392 e. The average molecular weight is 340 g/mol. The maximum absolute atomic E-state index is 13.0. The molecule has 25 heavy (non-hydrogen) atoms. The molecule has 1 heterocycles. The van der Waals surface area contributed by atoms with Gasteiger partial charge in [0.25, 0.3) is 0 Å². The molecular formula is C21H28N2O2. The van der Waals surface area contributed by atoms with Crippen molar-refractivity contribution in [3.63, 3.8) is 0 Å². The molecule has 0 radical (unpaired) electrons. The number of aliphatic hydroxyl groups is 1. The number of carbonyl (C=O) groups is 1. The molecule has 4 heteroatoms. The van der Waals surface area contributed by atoms with Crippen LogP contribution in [0.5, 0.6) is 0 Å². The van der Waals surface area contributed by atoms with Crippen LogP contribution in [0.25, 0.3) is 0 Å². The number of anilines is 1. The second-order valence-electron chi connectivity index (χ2n) is 7.19. The van der Waals surface area contributed by atoms with Gasteiger partial charge in [0.05, 0.1) is 12.1 Å². The highest BCUT2D eigenvalue weighted by Crippen LogP contribution is 2.33. The highest BCUT2D eigenvalue weighted by atomic mass is 16.3. The summed E-state index contributed by atoms with van der Waals surface area (Å²) in [4.78, 5) is 16.8. The number of hydrogen-bond acceptors (Lipinski definition) is 2. The molecule has 1 unspecified atom stereocenters. The smallest absolute Gasteiger partial charge is 0.325 e. The second-order valence-corrected chi connectivity index (χ2v) is 7.19. The fourth-order valence-corrected chi connectivity index (χ4v) is 3.56. The first-order chi connectivity index (χ1) is 12.1. The first-order valence-electron chi connectivity index (χ1n) is 9.24. The van der Waals surface area contributed by atoms with Gasteiger partial charge in [-0.05, 0) is 43.9 Å². The molecule has 1 aromatic carbocycles. The summed E-state index contributed by atoms with van der Waals surface area (Å²) in [5.41, 5.74) is 2.90. The lowest BCUT2D eigenvalue weighted by molar-refractivity contribution is 0.178. The van der Waals surface area contributed by atoms with E-state index in [1.807, 2.05) is 34.1 Å². The minimum absolute atomic E-state index is 0.0237. The lowest BCUT2D eigenvalue weighted by Gasteiger charge is -2.37. The zero-order valence-corrected chi connectivity index (χ0v) is 15.2. The second kappa shape index (κ2) is 7.44. The van der Waals surface area contributed by atoms with Gasteiger partial charge in [0, 0.05) is 18.8 Å². The zero-order chi connectivity index (χ0) is 17.9. The van der Waals surface area contributed by atoms with Crippen molar-refractivity contribution in [2.75, 3.05) is 18.0 Å². The number of benzene rings is 1. The number of rotatable bonds is 6. The molecule has 0 bridgehead atoms. The van der Waals surface area contributed by atoms with E-state index in [1.165, 1.54) is 18.4 Å². The monoisotopic (exact) mass is 340 g/mol. The molecule has 0 aromatic heterocycles. The van der Waals surface area contributed by atoms with Gasteiger partial charge in [0.2, 0.25) is 0 Å². The van der Waals surface area contributed by atoms with Gasteiger partial charge in [-0.2, -0.15) is 0 Å². The van der Waals surface area contributed by atoms with Crippen molar-refractivity contribution in [3.8, 4) is 0 Å². The number of unbranched alkanes of at least 4 members (excludes halogenated alkanes) is 1. The molecule has 0 saturated carbocycles. The van der Waals surface area contributed by atoms with Crippen LogP contribution >= 0.6 is 0 Å². The summed E-state index contributed by atoms with van der Waals surface area (Å²) < 4.78 is 0. The van der Waals surface area contributed by atoms with E-state index < -0.39 is 0 Å². The number of carbonyl (C=O) groups excluding carboxylic acids is 1. The first-order valence-corrected chi connectivity index (χ1v) is 9.24. The van der Waals surface area contributed by atoms with Crippen molar-refractivity contribution < 1.29 is 9.90 Å². The minimum atomic E-state index is -0.243. The van der Waals surface area contributed by atoms with E-state index in [-0.39, 0.29) is 18.2 Å². The number of hydrogen-bond donors (Lipinski definition) is 1. The molecular weight excluding hydrogens is 312 g/mol. The van der Waals surface area contributed by atoms with Crippen LogP contribution < -0.4 is 4.90 Å². The van der Waals surface area contributed by atoms with Gasteiger partial charge in [-0.15, -0.1) is 0 Å². The molecule has 3 rings (SSSR count). The van der Waals surface area contributed by atoms with Gasteiger partial charge in [0.15, 0.2) is 0 Å². The van der Waals surface area contributed by atoms with Crippen LogP contribution in [0.15, 0.2) is 48.1 Å². The summed E-state index contributed by atoms with van der Waals surface area (Å²) in [7, 11) is 0. The Balaban J connectivity index is 1.69. The molecule has 1 fully saturated rings. The molecule has 1 aliphatic carbocycles. The van der Waals surface area contributed by atoms with E-state index in [9.17, 15) is 4.79 Å². The van der Waals surface area contributed by atoms with E-state index >= 15 is 0 Å². The number of aliphatic hydroxyl groups excluding tert-OH is 1. The average Bonchev–Trinajstić information content (AvgIpc) is 3.03. The Morgan fingerprint density at radius 2 is 1.96 bits per heavy atom. The van der Waals surface area contributed by atoms with Crippen molar-refractivity contribution in [1.82, 2.24) is 4.90 Å². The fraction of sp³-hybridized carbons (Fsp3) is 0.476. The standard InChI is InChI=1S/C21H28N2O2/c1-3-4-5-17-10-12-21(2,13-11-17)23-15-14-22(20(23)25)19-8-6-18(16-24)7-9-19/h6-12,24H,3-5,13-16H2,1-2H3. The molecule has 2 aliphatic rings. The van der Waals surface area contributed by atoms with E-state index in [0.717, 1.165) is 30.6 Å². The highest BCUT2D eigenvalue weighted by molar-refractivity contribution is 5.94. The van der Waals surface area contributed by atoms with Crippen molar-refractivity contribution >= 4 is 11.7 Å². The Morgan fingerprint density at radius 1 is 1.20 bits per heavy atom. The number of urea groups is 1. The maximum Gasteiger partial charge on any atom is 0.325 e. The van der Waals surface area contributed by atoms with Crippen LogP contribution in [-0.2, 0) is 6.61 Å². The van der Waals surface area contributed by atoms with Gasteiger partial charge in [-0.25, -0.2) is 4.79 Å². The molecule has 2 amide bonds. The Bertz CT molecular complexity index is 678. The van der Waals surface area contributed by atoms with E-state index in [4.69, 9.17) is 5.11 Å². The molecule has 4 nitrogen and oxygen atoms in total. The first kappa shape index (κ1) is 17.7. The molecule has 1 atom stereocenters. The summed E-state index contributed by atoms with van der Waals surface area (Å²) in [6.07, 6.45) is 11.1. The lowest BCUT2D eigenvalue weighted by atomic mass is 9.87. The topological polar surface area (TPSA) is 43.8 Å². The van der Waals surface area contributed by atoms with Crippen LogP contribution in [0.1, 0.15) is 45.1 Å². The van der Waals surface area contributed by atoms with Crippen molar-refractivity contribution in [1.29, 1.82) is 0 Å². The molecule has 1 N–H and O–H groups in total. The van der Waals surface area contributed by atoms with Crippen LogP contribution in [0.2, 0.25) is 0 Å². The van der Waals surface area contributed by atoms with Crippen LogP contribution in [0.4, 0.5) is 10.5 Å². The van der Waals surface area contributed by atoms with Gasteiger partial charge >= 0.3 is 6.03 Å². The normalized spacial score (nSPS) is 23.3. The summed E-state index contributed by atoms with van der Waals surface area (Å²) in [6, 6.07) is 7.63. The number of amides is 2. The highest BCUT2D eigenvalue weighted by Gasteiger charge is 2.40. The van der Waals surface area contributed by atoms with E-state index in [2.05, 4.69) is 32.1 Å². The Labute approximate surface area is 150 Å². The molecule has 134 valence electrons. The predicted molar refractivity (Wildman–Crippen MR) is 102 cm³/mol. The van der Waals surface area contributed by atoms with Crippen LogP contribution in [0.3, 0.4) is 0 Å².